The summed E-state index contributed by atoms with van der Waals surface area (Å²) in [6, 6.07) is 0. The van der Waals surface area contributed by atoms with Gasteiger partial charge in [-0.15, -0.1) is 12.4 Å². The number of likely N-dealkylation sites (tertiary alicyclic amines) is 1. The molecule has 1 aliphatic heterocycles. The van der Waals surface area contributed by atoms with Gasteiger partial charge in [0.2, 0.25) is 11.8 Å². The van der Waals surface area contributed by atoms with E-state index in [1.165, 1.54) is 0 Å². The van der Waals surface area contributed by atoms with Gasteiger partial charge in [-0.1, -0.05) is 5.16 Å². The summed E-state index contributed by atoms with van der Waals surface area (Å²) in [5.74, 6) is 2.08. The van der Waals surface area contributed by atoms with Crippen molar-refractivity contribution in [2.24, 2.45) is 11.7 Å². The van der Waals surface area contributed by atoms with Gasteiger partial charge in [0.25, 0.3) is 0 Å². The van der Waals surface area contributed by atoms with Crippen molar-refractivity contribution < 1.29 is 9.32 Å². The van der Waals surface area contributed by atoms with E-state index >= 15 is 0 Å². The standard InChI is InChI=1S/C15H22N4O2.ClH/c16-15(6-2-7-15)14-17-12(21-18-14)11-3-1-8-19(9-11)13(20)10-4-5-10;/h10-11H,1-9,16H2;1H. The quantitative estimate of drug-likeness (QED) is 0.917. The molecule has 1 unspecified atom stereocenters. The van der Waals surface area contributed by atoms with Crippen LogP contribution in [0.2, 0.25) is 0 Å². The number of nitrogens with two attached hydrogens (primary N) is 1. The molecule has 3 fully saturated rings. The van der Waals surface area contributed by atoms with Gasteiger partial charge in [0.05, 0.1) is 11.5 Å². The summed E-state index contributed by atoms with van der Waals surface area (Å²) in [6.07, 6.45) is 7.13. The first-order valence-electron chi connectivity index (χ1n) is 8.07. The Labute approximate surface area is 136 Å². The molecule has 2 saturated carbocycles. The van der Waals surface area contributed by atoms with Crippen LogP contribution >= 0.6 is 12.4 Å². The summed E-state index contributed by atoms with van der Waals surface area (Å²) >= 11 is 0. The highest BCUT2D eigenvalue weighted by molar-refractivity contribution is 5.85. The second-order valence-corrected chi connectivity index (χ2v) is 6.86. The van der Waals surface area contributed by atoms with Crippen LogP contribution < -0.4 is 5.73 Å². The lowest BCUT2D eigenvalue weighted by Gasteiger charge is -2.34. The summed E-state index contributed by atoms with van der Waals surface area (Å²) in [6.45, 7) is 1.59. The summed E-state index contributed by atoms with van der Waals surface area (Å²) in [7, 11) is 0. The fourth-order valence-corrected chi connectivity index (χ4v) is 3.35. The van der Waals surface area contributed by atoms with Crippen molar-refractivity contribution in [3.8, 4) is 0 Å². The Morgan fingerprint density at radius 1 is 1.27 bits per heavy atom. The van der Waals surface area contributed by atoms with E-state index in [2.05, 4.69) is 10.1 Å². The van der Waals surface area contributed by atoms with Crippen molar-refractivity contribution in [1.29, 1.82) is 0 Å². The van der Waals surface area contributed by atoms with Gasteiger partial charge >= 0.3 is 0 Å². The Hall–Kier alpha value is -1.14. The van der Waals surface area contributed by atoms with E-state index in [1.54, 1.807) is 0 Å². The van der Waals surface area contributed by atoms with Gasteiger partial charge in [-0.25, -0.2) is 0 Å². The molecule has 0 spiro atoms. The zero-order valence-electron chi connectivity index (χ0n) is 12.7. The summed E-state index contributed by atoms with van der Waals surface area (Å²) in [4.78, 5) is 18.7. The van der Waals surface area contributed by atoms with Gasteiger partial charge in [-0.3, -0.25) is 4.79 Å². The van der Waals surface area contributed by atoms with Crippen LogP contribution in [0, 0.1) is 5.92 Å². The van der Waals surface area contributed by atoms with Crippen LogP contribution in [0.25, 0.3) is 0 Å². The molecule has 22 heavy (non-hydrogen) atoms. The van der Waals surface area contributed by atoms with Crippen LogP contribution in [-0.4, -0.2) is 34.0 Å². The molecule has 2 N–H and O–H groups in total. The van der Waals surface area contributed by atoms with E-state index in [-0.39, 0.29) is 29.8 Å². The smallest absolute Gasteiger partial charge is 0.231 e. The number of nitrogens with zero attached hydrogens (tertiary/aromatic N) is 3. The van der Waals surface area contributed by atoms with Crippen molar-refractivity contribution in [3.05, 3.63) is 11.7 Å². The molecule has 122 valence electrons. The molecule has 1 saturated heterocycles. The van der Waals surface area contributed by atoms with E-state index in [9.17, 15) is 4.79 Å². The van der Waals surface area contributed by atoms with Crippen molar-refractivity contribution in [3.63, 3.8) is 0 Å². The van der Waals surface area contributed by atoms with E-state index in [4.69, 9.17) is 10.3 Å². The molecular weight excluding hydrogens is 304 g/mol. The summed E-state index contributed by atoms with van der Waals surface area (Å²) < 4.78 is 5.45. The molecular formula is C15H23ClN4O2. The van der Waals surface area contributed by atoms with Gasteiger partial charge in [0.15, 0.2) is 5.82 Å². The Bertz CT molecular complexity index is 553. The normalized spacial score (nSPS) is 27.0. The second-order valence-electron chi connectivity index (χ2n) is 6.86. The first-order valence-corrected chi connectivity index (χ1v) is 8.07. The number of rotatable bonds is 3. The van der Waals surface area contributed by atoms with E-state index in [1.807, 2.05) is 4.90 Å². The molecule has 0 aromatic carbocycles. The Morgan fingerprint density at radius 2 is 2.05 bits per heavy atom. The van der Waals surface area contributed by atoms with Gasteiger partial charge < -0.3 is 15.2 Å². The monoisotopic (exact) mass is 326 g/mol. The molecule has 3 aliphatic rings. The van der Waals surface area contributed by atoms with Crippen molar-refractivity contribution >= 4 is 18.3 Å². The maximum absolute atomic E-state index is 12.2. The molecule has 0 bridgehead atoms. The molecule has 2 heterocycles. The molecule has 0 radical (unpaired) electrons. The number of hydrogen-bond donors (Lipinski definition) is 1. The number of carbonyl (C=O) groups is 1. The maximum Gasteiger partial charge on any atom is 0.231 e. The van der Waals surface area contributed by atoms with E-state index in [0.29, 0.717) is 24.2 Å². The number of aromatic nitrogens is 2. The lowest BCUT2D eigenvalue weighted by atomic mass is 9.77. The number of hydrogen-bond acceptors (Lipinski definition) is 5. The fraction of sp³-hybridized carbons (Fsp3) is 0.800. The predicted octanol–water partition coefficient (Wildman–Crippen LogP) is 1.95. The molecule has 1 amide bonds. The minimum Gasteiger partial charge on any atom is -0.342 e. The van der Waals surface area contributed by atoms with Gasteiger partial charge in [0, 0.05) is 19.0 Å². The van der Waals surface area contributed by atoms with E-state index in [0.717, 1.165) is 51.5 Å². The molecule has 1 aromatic rings. The topological polar surface area (TPSA) is 85.2 Å². The number of amides is 1. The molecule has 2 aliphatic carbocycles. The summed E-state index contributed by atoms with van der Waals surface area (Å²) in [5.41, 5.74) is 5.87. The zero-order valence-corrected chi connectivity index (χ0v) is 13.5. The third-order valence-electron chi connectivity index (χ3n) is 5.14. The largest absolute Gasteiger partial charge is 0.342 e. The minimum absolute atomic E-state index is 0. The van der Waals surface area contributed by atoms with Crippen LogP contribution in [0.1, 0.15) is 62.6 Å². The Morgan fingerprint density at radius 3 is 2.68 bits per heavy atom. The van der Waals surface area contributed by atoms with E-state index < -0.39 is 0 Å². The van der Waals surface area contributed by atoms with Crippen molar-refractivity contribution in [1.82, 2.24) is 15.0 Å². The summed E-state index contributed by atoms with van der Waals surface area (Å²) in [5, 5.41) is 4.09. The first kappa shape index (κ1) is 15.7. The highest BCUT2D eigenvalue weighted by Gasteiger charge is 2.40. The second kappa shape index (κ2) is 5.81. The first-order chi connectivity index (χ1) is 10.2. The average Bonchev–Trinajstić information content (AvgIpc) is 3.21. The highest BCUT2D eigenvalue weighted by atomic mass is 35.5. The van der Waals surface area contributed by atoms with Crippen LogP contribution in [0.3, 0.4) is 0 Å². The third-order valence-corrected chi connectivity index (χ3v) is 5.14. The minimum atomic E-state index is -0.375. The number of piperidine rings is 1. The SMILES string of the molecule is Cl.NC1(c2noc(C3CCCN(C(=O)C4CC4)C3)n2)CCC1. The lowest BCUT2D eigenvalue weighted by Crippen LogP contribution is -2.44. The lowest BCUT2D eigenvalue weighted by molar-refractivity contribution is -0.133. The fourth-order valence-electron chi connectivity index (χ4n) is 3.35. The van der Waals surface area contributed by atoms with Crippen LogP contribution in [-0.2, 0) is 10.3 Å². The van der Waals surface area contributed by atoms with Gasteiger partial charge in [-0.2, -0.15) is 4.98 Å². The Kier molecular flexibility index (Phi) is 4.16. The van der Waals surface area contributed by atoms with Crippen LogP contribution in [0.4, 0.5) is 0 Å². The maximum atomic E-state index is 12.2. The molecule has 4 rings (SSSR count). The predicted molar refractivity (Wildman–Crippen MR) is 82.5 cm³/mol. The van der Waals surface area contributed by atoms with Gasteiger partial charge in [0.1, 0.15) is 0 Å². The molecule has 6 nitrogen and oxygen atoms in total. The van der Waals surface area contributed by atoms with Gasteiger partial charge in [-0.05, 0) is 44.9 Å². The molecule has 1 atom stereocenters. The van der Waals surface area contributed by atoms with Crippen molar-refractivity contribution in [2.45, 2.75) is 56.4 Å². The van der Waals surface area contributed by atoms with Crippen LogP contribution in [0.5, 0.6) is 0 Å². The molecule has 7 heteroatoms. The Balaban J connectivity index is 0.00000144. The zero-order chi connectivity index (χ0) is 14.4. The number of carbonyl (C=O) groups excluding carboxylic acids is 1. The highest BCUT2D eigenvalue weighted by Crippen LogP contribution is 2.38. The average molecular weight is 327 g/mol. The third kappa shape index (κ3) is 2.74. The van der Waals surface area contributed by atoms with Crippen molar-refractivity contribution in [2.75, 3.05) is 13.1 Å². The van der Waals surface area contributed by atoms with Crippen LogP contribution in [0.15, 0.2) is 4.52 Å². The molecule has 1 aromatic heterocycles. The number of halogens is 1.